The van der Waals surface area contributed by atoms with Crippen LogP contribution in [0.1, 0.15) is 5.56 Å². The van der Waals surface area contributed by atoms with Crippen LogP contribution in [0.25, 0.3) is 16.6 Å². The van der Waals surface area contributed by atoms with Crippen molar-refractivity contribution >= 4 is 45.9 Å². The van der Waals surface area contributed by atoms with Crippen molar-refractivity contribution in [2.24, 2.45) is 0 Å². The van der Waals surface area contributed by atoms with Gasteiger partial charge in [-0.3, -0.25) is 14.2 Å². The van der Waals surface area contributed by atoms with E-state index < -0.39 is 22.7 Å². The number of carbonyl (C=O) groups excluding carboxylic acids is 1. The first kappa shape index (κ1) is 24.6. The first-order valence-corrected chi connectivity index (χ1v) is 11.5. The minimum Gasteiger partial charge on any atom is -0.497 e. The molecule has 0 bridgehead atoms. The van der Waals surface area contributed by atoms with Gasteiger partial charge < -0.3 is 10.1 Å². The fourth-order valence-electron chi connectivity index (χ4n) is 3.33. The lowest BCUT2D eigenvalue weighted by atomic mass is 10.2. The number of hydrogen-bond acceptors (Lipinski definition) is 5. The molecule has 11 heteroatoms. The number of fused-ring (bicyclic) bond motifs is 1. The van der Waals surface area contributed by atoms with Crippen LogP contribution in [-0.2, 0) is 11.0 Å². The Morgan fingerprint density at radius 3 is 2.63 bits per heavy atom. The number of thioether (sulfide) groups is 1. The second-order valence-electron chi connectivity index (χ2n) is 7.28. The van der Waals surface area contributed by atoms with Gasteiger partial charge in [0, 0.05) is 11.8 Å². The molecule has 1 aromatic heterocycles. The lowest BCUT2D eigenvalue weighted by molar-refractivity contribution is -0.137. The molecule has 0 atom stereocenters. The Hall–Kier alpha value is -3.50. The smallest absolute Gasteiger partial charge is 0.417 e. The molecule has 1 amide bonds. The molecule has 0 spiro atoms. The number of methoxy groups -OCH3 is 1. The van der Waals surface area contributed by atoms with E-state index in [0.717, 1.165) is 23.9 Å². The minimum atomic E-state index is -4.66. The molecule has 1 N–H and O–H groups in total. The quantitative estimate of drug-likeness (QED) is 0.257. The van der Waals surface area contributed by atoms with Gasteiger partial charge in [0.15, 0.2) is 5.16 Å². The third kappa shape index (κ3) is 5.44. The zero-order valence-corrected chi connectivity index (χ0v) is 19.7. The average molecular weight is 520 g/mol. The summed E-state index contributed by atoms with van der Waals surface area (Å²) < 4.78 is 46.0. The first-order valence-electron chi connectivity index (χ1n) is 10.1. The van der Waals surface area contributed by atoms with Crippen LogP contribution in [0, 0.1) is 0 Å². The van der Waals surface area contributed by atoms with Crippen molar-refractivity contribution < 1.29 is 22.7 Å². The third-order valence-electron chi connectivity index (χ3n) is 4.94. The highest BCUT2D eigenvalue weighted by atomic mass is 35.5. The number of rotatable bonds is 6. The second kappa shape index (κ2) is 10.0. The number of ether oxygens (including phenoxy) is 1. The van der Waals surface area contributed by atoms with E-state index in [4.69, 9.17) is 16.3 Å². The van der Waals surface area contributed by atoms with Gasteiger partial charge >= 0.3 is 6.18 Å². The van der Waals surface area contributed by atoms with Gasteiger partial charge in [-0.05, 0) is 42.5 Å². The molecule has 4 rings (SSSR count). The van der Waals surface area contributed by atoms with Gasteiger partial charge in [0.2, 0.25) is 5.91 Å². The normalized spacial score (nSPS) is 11.5. The van der Waals surface area contributed by atoms with E-state index in [-0.39, 0.29) is 22.2 Å². The summed E-state index contributed by atoms with van der Waals surface area (Å²) >= 11 is 6.61. The van der Waals surface area contributed by atoms with Gasteiger partial charge in [-0.25, -0.2) is 4.98 Å². The molecule has 0 unspecified atom stereocenters. The number of halogens is 4. The molecule has 4 aromatic rings. The van der Waals surface area contributed by atoms with Crippen LogP contribution in [0.4, 0.5) is 18.9 Å². The Morgan fingerprint density at radius 2 is 1.89 bits per heavy atom. The summed E-state index contributed by atoms with van der Waals surface area (Å²) in [6.45, 7) is 0. The molecular weight excluding hydrogens is 503 g/mol. The molecule has 180 valence electrons. The van der Waals surface area contributed by atoms with Crippen LogP contribution in [0.3, 0.4) is 0 Å². The van der Waals surface area contributed by atoms with E-state index in [2.05, 4.69) is 10.3 Å². The maximum atomic E-state index is 13.3. The average Bonchev–Trinajstić information content (AvgIpc) is 2.83. The summed E-state index contributed by atoms with van der Waals surface area (Å²) in [5.74, 6) is -0.261. The van der Waals surface area contributed by atoms with Crippen molar-refractivity contribution in [3.63, 3.8) is 0 Å². The highest BCUT2D eigenvalue weighted by molar-refractivity contribution is 7.99. The highest BCUT2D eigenvalue weighted by Gasteiger charge is 2.33. The number of nitrogens with zero attached hydrogens (tertiary/aromatic N) is 2. The van der Waals surface area contributed by atoms with E-state index in [1.165, 1.54) is 17.7 Å². The molecular formula is C24H17ClF3N3O3S. The Balaban J connectivity index is 1.64. The predicted molar refractivity (Wildman–Crippen MR) is 130 cm³/mol. The van der Waals surface area contributed by atoms with Crippen molar-refractivity contribution in [1.82, 2.24) is 9.55 Å². The molecule has 0 radical (unpaired) electrons. The van der Waals surface area contributed by atoms with Crippen LogP contribution < -0.4 is 15.6 Å². The van der Waals surface area contributed by atoms with Crippen LogP contribution >= 0.6 is 23.4 Å². The number of benzene rings is 3. The van der Waals surface area contributed by atoms with Crippen molar-refractivity contribution in [2.45, 2.75) is 11.3 Å². The van der Waals surface area contributed by atoms with Gasteiger partial charge in [0.25, 0.3) is 5.56 Å². The zero-order valence-electron chi connectivity index (χ0n) is 18.1. The van der Waals surface area contributed by atoms with Crippen molar-refractivity contribution in [1.29, 1.82) is 0 Å². The number of amides is 1. The Morgan fingerprint density at radius 1 is 1.11 bits per heavy atom. The molecule has 0 saturated carbocycles. The van der Waals surface area contributed by atoms with Crippen LogP contribution in [0.15, 0.2) is 76.7 Å². The van der Waals surface area contributed by atoms with Gasteiger partial charge in [-0.2, -0.15) is 13.2 Å². The van der Waals surface area contributed by atoms with Gasteiger partial charge in [0.05, 0.1) is 40.0 Å². The maximum Gasteiger partial charge on any atom is 0.417 e. The fourth-order valence-corrected chi connectivity index (χ4v) is 4.37. The van der Waals surface area contributed by atoms with Crippen molar-refractivity contribution in [3.05, 3.63) is 87.7 Å². The van der Waals surface area contributed by atoms with Gasteiger partial charge in [-0.15, -0.1) is 0 Å². The summed E-state index contributed by atoms with van der Waals surface area (Å²) in [5.41, 5.74) is -0.494. The van der Waals surface area contributed by atoms with Crippen LogP contribution in [0.5, 0.6) is 5.75 Å². The van der Waals surface area contributed by atoms with E-state index in [0.29, 0.717) is 22.3 Å². The molecule has 35 heavy (non-hydrogen) atoms. The zero-order chi connectivity index (χ0) is 25.2. The third-order valence-corrected chi connectivity index (χ3v) is 6.21. The molecule has 3 aromatic carbocycles. The van der Waals surface area contributed by atoms with Crippen LogP contribution in [0.2, 0.25) is 5.02 Å². The number of nitrogens with one attached hydrogen (secondary N) is 1. The molecule has 0 fully saturated rings. The summed E-state index contributed by atoms with van der Waals surface area (Å²) in [4.78, 5) is 30.4. The van der Waals surface area contributed by atoms with Crippen molar-refractivity contribution in [3.8, 4) is 11.4 Å². The molecule has 0 aliphatic rings. The summed E-state index contributed by atoms with van der Waals surface area (Å²) in [7, 11) is 1.50. The molecule has 0 aliphatic carbocycles. The van der Waals surface area contributed by atoms with E-state index in [9.17, 15) is 22.8 Å². The van der Waals surface area contributed by atoms with Gasteiger partial charge in [0.1, 0.15) is 5.75 Å². The number of anilines is 1. The molecule has 6 nitrogen and oxygen atoms in total. The number of hydrogen-bond donors (Lipinski definition) is 1. The molecule has 1 heterocycles. The predicted octanol–water partition coefficient (Wildman–Crippen LogP) is 5.80. The topological polar surface area (TPSA) is 73.2 Å². The van der Waals surface area contributed by atoms with E-state index >= 15 is 0 Å². The SMILES string of the molecule is COc1cccc(-n2c(SCC(=O)Nc3ccc(Cl)c(C(F)(F)F)c3)nc3ccccc3c2=O)c1. The van der Waals surface area contributed by atoms with Crippen molar-refractivity contribution in [2.75, 3.05) is 18.2 Å². The fraction of sp³-hybridized carbons (Fsp3) is 0.125. The highest BCUT2D eigenvalue weighted by Crippen LogP contribution is 2.36. The summed E-state index contributed by atoms with van der Waals surface area (Å²) in [6.07, 6.45) is -4.66. The lowest BCUT2D eigenvalue weighted by Gasteiger charge is -2.14. The largest absolute Gasteiger partial charge is 0.497 e. The summed E-state index contributed by atoms with van der Waals surface area (Å²) in [6, 6.07) is 16.7. The molecule has 0 aliphatic heterocycles. The standard InChI is InChI=1S/C24H17ClF3N3O3S/c1-34-16-6-4-5-15(12-16)31-22(33)17-7-2-3-8-20(17)30-23(31)35-13-21(32)29-14-9-10-19(25)18(11-14)24(26,27)28/h2-12H,13H2,1H3,(H,29,32). The van der Waals surface area contributed by atoms with E-state index in [1.54, 1.807) is 48.5 Å². The first-order chi connectivity index (χ1) is 16.7. The minimum absolute atomic E-state index is 0.0519. The number of para-hydroxylation sites is 1. The second-order valence-corrected chi connectivity index (χ2v) is 8.63. The Bertz CT molecular complexity index is 1470. The lowest BCUT2D eigenvalue weighted by Crippen LogP contribution is -2.23. The molecule has 0 saturated heterocycles. The van der Waals surface area contributed by atoms with Gasteiger partial charge in [-0.1, -0.05) is 41.6 Å². The number of carbonyl (C=O) groups is 1. The Labute approximate surface area is 206 Å². The van der Waals surface area contributed by atoms with E-state index in [1.807, 2.05) is 0 Å². The summed E-state index contributed by atoms with van der Waals surface area (Å²) in [5, 5.41) is 2.60. The van der Waals surface area contributed by atoms with Crippen LogP contribution in [-0.4, -0.2) is 28.3 Å². The number of aromatic nitrogens is 2. The number of alkyl halides is 3. The maximum absolute atomic E-state index is 13.3. The monoisotopic (exact) mass is 519 g/mol. The Kier molecular flexibility index (Phi) is 7.04.